The lowest BCUT2D eigenvalue weighted by Gasteiger charge is -2.23. The van der Waals surface area contributed by atoms with Crippen molar-refractivity contribution in [3.8, 4) is 5.75 Å². The van der Waals surface area contributed by atoms with Crippen molar-refractivity contribution < 1.29 is 9.53 Å². The number of carbonyl (C=O) groups excluding carboxylic acids is 1. The fourth-order valence-electron chi connectivity index (χ4n) is 1.31. The minimum Gasteiger partial charge on any atom is -0.495 e. The van der Waals surface area contributed by atoms with Crippen molar-refractivity contribution in [2.24, 2.45) is 0 Å². The van der Waals surface area contributed by atoms with E-state index in [1.54, 1.807) is 14.2 Å². The molecule has 17 heavy (non-hydrogen) atoms. The van der Waals surface area contributed by atoms with E-state index in [1.165, 1.54) is 0 Å². The molecule has 0 saturated carbocycles. The molecule has 1 amide bonds. The zero-order valence-corrected chi connectivity index (χ0v) is 11.0. The Morgan fingerprint density at radius 1 is 1.35 bits per heavy atom. The van der Waals surface area contributed by atoms with Gasteiger partial charge < -0.3 is 15.4 Å². The van der Waals surface area contributed by atoms with Gasteiger partial charge in [0.05, 0.1) is 18.3 Å². The average molecular weight is 236 g/mol. The third kappa shape index (κ3) is 3.20. The van der Waals surface area contributed by atoms with Crippen LogP contribution in [0.25, 0.3) is 0 Å². The maximum atomic E-state index is 12.0. The molecule has 94 valence electrons. The van der Waals surface area contributed by atoms with Gasteiger partial charge in [0.2, 0.25) is 5.91 Å². The minimum atomic E-state index is -0.616. The first-order valence-electron chi connectivity index (χ1n) is 5.55. The Labute approximate surface area is 102 Å². The summed E-state index contributed by atoms with van der Waals surface area (Å²) < 4.78 is 5.21. The van der Waals surface area contributed by atoms with E-state index >= 15 is 0 Å². The second-order valence-corrected chi connectivity index (χ2v) is 4.53. The molecule has 2 N–H and O–H groups in total. The summed E-state index contributed by atoms with van der Waals surface area (Å²) in [5.74, 6) is 0.569. The van der Waals surface area contributed by atoms with Gasteiger partial charge in [-0.1, -0.05) is 6.07 Å². The van der Waals surface area contributed by atoms with Crippen molar-refractivity contribution in [1.29, 1.82) is 0 Å². The number of nitrogens with one attached hydrogen (secondary N) is 2. The number of aryl methyl sites for hydroxylation is 1. The molecule has 1 rings (SSSR count). The molecule has 0 fully saturated rings. The lowest BCUT2D eigenvalue weighted by molar-refractivity contribution is -0.121. The van der Waals surface area contributed by atoms with Crippen molar-refractivity contribution in [3.05, 3.63) is 23.8 Å². The highest BCUT2D eigenvalue weighted by Gasteiger charge is 2.25. The number of methoxy groups -OCH3 is 1. The molecule has 0 bridgehead atoms. The van der Waals surface area contributed by atoms with Crippen molar-refractivity contribution >= 4 is 11.6 Å². The largest absolute Gasteiger partial charge is 0.495 e. The first-order chi connectivity index (χ1) is 7.90. The standard InChI is InChI=1S/C13H20N2O2/c1-9-6-7-11(17-5)10(8-9)15-12(16)13(2,3)14-4/h6-8,14H,1-5H3,(H,15,16). The maximum absolute atomic E-state index is 12.0. The Bertz CT molecular complexity index is 414. The summed E-state index contributed by atoms with van der Waals surface area (Å²) >= 11 is 0. The number of likely N-dealkylation sites (N-methyl/N-ethyl adjacent to an activating group) is 1. The molecule has 0 aliphatic heterocycles. The zero-order chi connectivity index (χ0) is 13.1. The van der Waals surface area contributed by atoms with Crippen molar-refractivity contribution in [2.45, 2.75) is 26.3 Å². The second kappa shape index (κ2) is 5.19. The van der Waals surface area contributed by atoms with Crippen LogP contribution in [0.5, 0.6) is 5.75 Å². The van der Waals surface area contributed by atoms with Gasteiger partial charge in [-0.15, -0.1) is 0 Å². The Balaban J connectivity index is 2.95. The highest BCUT2D eigenvalue weighted by atomic mass is 16.5. The molecule has 4 heteroatoms. The third-order valence-electron chi connectivity index (χ3n) is 2.80. The summed E-state index contributed by atoms with van der Waals surface area (Å²) in [5, 5.41) is 5.83. The molecule has 0 aliphatic rings. The van der Waals surface area contributed by atoms with Crippen molar-refractivity contribution in [1.82, 2.24) is 5.32 Å². The van der Waals surface area contributed by atoms with E-state index in [4.69, 9.17) is 4.74 Å². The molecular formula is C13H20N2O2. The Morgan fingerprint density at radius 2 is 2.00 bits per heavy atom. The molecule has 0 heterocycles. The summed E-state index contributed by atoms with van der Waals surface area (Å²) in [4.78, 5) is 12.0. The smallest absolute Gasteiger partial charge is 0.244 e. The molecule has 0 spiro atoms. The Morgan fingerprint density at radius 3 is 2.53 bits per heavy atom. The second-order valence-electron chi connectivity index (χ2n) is 4.53. The number of benzene rings is 1. The molecular weight excluding hydrogens is 216 g/mol. The van der Waals surface area contributed by atoms with Gasteiger partial charge in [-0.05, 0) is 45.5 Å². The van der Waals surface area contributed by atoms with Gasteiger partial charge in [0.1, 0.15) is 5.75 Å². The van der Waals surface area contributed by atoms with Crippen LogP contribution in [0.4, 0.5) is 5.69 Å². The predicted molar refractivity (Wildman–Crippen MR) is 69.5 cm³/mol. The van der Waals surface area contributed by atoms with E-state index in [9.17, 15) is 4.79 Å². The molecule has 0 aliphatic carbocycles. The van der Waals surface area contributed by atoms with Crippen LogP contribution < -0.4 is 15.4 Å². The van der Waals surface area contributed by atoms with E-state index in [-0.39, 0.29) is 5.91 Å². The van der Waals surface area contributed by atoms with E-state index in [1.807, 2.05) is 39.0 Å². The normalized spacial score (nSPS) is 11.1. The van der Waals surface area contributed by atoms with Crippen molar-refractivity contribution in [3.63, 3.8) is 0 Å². The predicted octanol–water partition coefficient (Wildman–Crippen LogP) is 1.94. The number of rotatable bonds is 4. The van der Waals surface area contributed by atoms with E-state index in [0.29, 0.717) is 11.4 Å². The maximum Gasteiger partial charge on any atom is 0.244 e. The zero-order valence-electron chi connectivity index (χ0n) is 11.0. The van der Waals surface area contributed by atoms with Crippen LogP contribution in [-0.2, 0) is 4.79 Å². The third-order valence-corrected chi connectivity index (χ3v) is 2.80. The van der Waals surface area contributed by atoms with Crippen LogP contribution in [0.15, 0.2) is 18.2 Å². The van der Waals surface area contributed by atoms with Crippen LogP contribution in [0.1, 0.15) is 19.4 Å². The fourth-order valence-corrected chi connectivity index (χ4v) is 1.31. The number of hydrogen-bond acceptors (Lipinski definition) is 3. The summed E-state index contributed by atoms with van der Waals surface area (Å²) in [5.41, 5.74) is 1.15. The van der Waals surface area contributed by atoms with Gasteiger partial charge in [-0.2, -0.15) is 0 Å². The SMILES string of the molecule is CNC(C)(C)C(=O)Nc1cc(C)ccc1OC. The molecule has 0 aromatic heterocycles. The minimum absolute atomic E-state index is 0.0936. The van der Waals surface area contributed by atoms with Crippen LogP contribution in [-0.4, -0.2) is 25.6 Å². The van der Waals surface area contributed by atoms with E-state index < -0.39 is 5.54 Å². The van der Waals surface area contributed by atoms with Gasteiger partial charge in [0.15, 0.2) is 0 Å². The summed E-state index contributed by atoms with van der Waals surface area (Å²) in [7, 11) is 3.34. The number of carbonyl (C=O) groups is 1. The summed E-state index contributed by atoms with van der Waals surface area (Å²) in [6.07, 6.45) is 0. The molecule has 4 nitrogen and oxygen atoms in total. The summed E-state index contributed by atoms with van der Waals surface area (Å²) in [6, 6.07) is 5.68. The van der Waals surface area contributed by atoms with Crippen LogP contribution in [0, 0.1) is 6.92 Å². The topological polar surface area (TPSA) is 50.4 Å². The van der Waals surface area contributed by atoms with Gasteiger partial charge in [-0.25, -0.2) is 0 Å². The molecule has 0 radical (unpaired) electrons. The quantitative estimate of drug-likeness (QED) is 0.840. The average Bonchev–Trinajstić information content (AvgIpc) is 2.29. The van der Waals surface area contributed by atoms with Gasteiger partial charge in [-0.3, -0.25) is 4.79 Å². The van der Waals surface area contributed by atoms with Gasteiger partial charge in [0, 0.05) is 0 Å². The number of ether oxygens (including phenoxy) is 1. The lowest BCUT2D eigenvalue weighted by atomic mass is 10.0. The Hall–Kier alpha value is -1.55. The van der Waals surface area contributed by atoms with Crippen LogP contribution in [0.2, 0.25) is 0 Å². The van der Waals surface area contributed by atoms with E-state index in [0.717, 1.165) is 5.56 Å². The van der Waals surface area contributed by atoms with Crippen molar-refractivity contribution in [2.75, 3.05) is 19.5 Å². The number of amides is 1. The lowest BCUT2D eigenvalue weighted by Crippen LogP contribution is -2.47. The molecule has 0 unspecified atom stereocenters. The van der Waals surface area contributed by atoms with Gasteiger partial charge in [0.25, 0.3) is 0 Å². The summed E-state index contributed by atoms with van der Waals surface area (Å²) in [6.45, 7) is 5.62. The Kier molecular flexibility index (Phi) is 4.12. The molecule has 0 atom stereocenters. The first-order valence-corrected chi connectivity index (χ1v) is 5.55. The fraction of sp³-hybridized carbons (Fsp3) is 0.462. The highest BCUT2D eigenvalue weighted by Crippen LogP contribution is 2.25. The van der Waals surface area contributed by atoms with Crippen LogP contribution in [0.3, 0.4) is 0 Å². The molecule has 0 saturated heterocycles. The van der Waals surface area contributed by atoms with Crippen LogP contribution >= 0.6 is 0 Å². The first kappa shape index (κ1) is 13.5. The number of hydrogen-bond donors (Lipinski definition) is 2. The molecule has 1 aromatic carbocycles. The molecule has 1 aromatic rings. The number of anilines is 1. The van der Waals surface area contributed by atoms with Gasteiger partial charge >= 0.3 is 0 Å². The van der Waals surface area contributed by atoms with E-state index in [2.05, 4.69) is 10.6 Å². The monoisotopic (exact) mass is 236 g/mol. The highest BCUT2D eigenvalue weighted by molar-refractivity contribution is 5.98.